The van der Waals surface area contributed by atoms with Gasteiger partial charge in [-0.2, -0.15) is 0 Å². The zero-order valence-electron chi connectivity index (χ0n) is 9.96. The van der Waals surface area contributed by atoms with Gasteiger partial charge in [0, 0.05) is 15.7 Å². The van der Waals surface area contributed by atoms with Crippen molar-refractivity contribution in [3.05, 3.63) is 28.2 Å². The van der Waals surface area contributed by atoms with Crippen molar-refractivity contribution < 1.29 is 4.79 Å². The van der Waals surface area contributed by atoms with Gasteiger partial charge in [-0.1, -0.05) is 37.0 Å². The molecule has 1 aromatic rings. The Labute approximate surface area is 112 Å². The largest absolute Gasteiger partial charge is 0.325 e. The first-order valence-electron chi connectivity index (χ1n) is 5.53. The van der Waals surface area contributed by atoms with Gasteiger partial charge in [-0.15, -0.1) is 0 Å². The van der Waals surface area contributed by atoms with Crippen LogP contribution in [0.1, 0.15) is 13.8 Å². The van der Waals surface area contributed by atoms with Crippen LogP contribution in [0.5, 0.6) is 0 Å². The van der Waals surface area contributed by atoms with Gasteiger partial charge in [0.15, 0.2) is 0 Å². The number of hydrogen-bond acceptors (Lipinski definition) is 2. The van der Waals surface area contributed by atoms with Crippen LogP contribution in [0.15, 0.2) is 18.2 Å². The molecule has 5 heteroatoms. The van der Waals surface area contributed by atoms with E-state index in [0.29, 0.717) is 22.3 Å². The molecule has 3 nitrogen and oxygen atoms in total. The molecule has 0 bridgehead atoms. The summed E-state index contributed by atoms with van der Waals surface area (Å²) in [7, 11) is 0. The van der Waals surface area contributed by atoms with Gasteiger partial charge in [-0.3, -0.25) is 9.69 Å². The Hall–Kier alpha value is -0.770. The molecule has 1 rings (SSSR count). The molecule has 0 radical (unpaired) electrons. The van der Waals surface area contributed by atoms with E-state index >= 15 is 0 Å². The molecule has 0 aliphatic carbocycles. The molecule has 0 saturated carbocycles. The average molecular weight is 275 g/mol. The Morgan fingerprint density at radius 2 is 1.71 bits per heavy atom. The predicted octanol–water partition coefficient (Wildman–Crippen LogP) is 3.27. The van der Waals surface area contributed by atoms with Crippen molar-refractivity contribution in [2.24, 2.45) is 0 Å². The third kappa shape index (κ3) is 4.94. The van der Waals surface area contributed by atoms with Crippen molar-refractivity contribution in [2.45, 2.75) is 13.8 Å². The number of hydrogen-bond donors (Lipinski definition) is 1. The lowest BCUT2D eigenvalue weighted by molar-refractivity contribution is -0.117. The van der Waals surface area contributed by atoms with Crippen LogP contribution in [0.25, 0.3) is 0 Å². The van der Waals surface area contributed by atoms with Gasteiger partial charge in [0.05, 0.1) is 6.54 Å². The average Bonchev–Trinajstić information content (AvgIpc) is 2.24. The Kier molecular flexibility index (Phi) is 5.75. The zero-order chi connectivity index (χ0) is 12.8. The van der Waals surface area contributed by atoms with E-state index in [1.807, 2.05) is 18.7 Å². The molecular formula is C12H16Cl2N2O. The highest BCUT2D eigenvalue weighted by molar-refractivity contribution is 6.35. The van der Waals surface area contributed by atoms with Crippen molar-refractivity contribution in [3.63, 3.8) is 0 Å². The number of rotatable bonds is 5. The fraction of sp³-hybridized carbons (Fsp3) is 0.417. The number of anilines is 1. The van der Waals surface area contributed by atoms with Crippen LogP contribution < -0.4 is 5.32 Å². The maximum absolute atomic E-state index is 11.7. The lowest BCUT2D eigenvalue weighted by atomic mass is 10.3. The van der Waals surface area contributed by atoms with E-state index in [1.165, 1.54) is 0 Å². The molecule has 0 aliphatic heterocycles. The Bertz CT molecular complexity index is 372. The van der Waals surface area contributed by atoms with Gasteiger partial charge in [-0.25, -0.2) is 0 Å². The molecule has 0 heterocycles. The fourth-order valence-electron chi connectivity index (χ4n) is 1.48. The minimum absolute atomic E-state index is 0.0629. The molecule has 0 aliphatic rings. The monoisotopic (exact) mass is 274 g/mol. The molecule has 0 spiro atoms. The van der Waals surface area contributed by atoms with Crippen LogP contribution in [0.3, 0.4) is 0 Å². The second-order valence-electron chi connectivity index (χ2n) is 3.67. The Balaban J connectivity index is 2.61. The van der Waals surface area contributed by atoms with Crippen LogP contribution in [0.2, 0.25) is 10.0 Å². The number of carbonyl (C=O) groups is 1. The van der Waals surface area contributed by atoms with Crippen molar-refractivity contribution in [1.29, 1.82) is 0 Å². The maximum Gasteiger partial charge on any atom is 0.238 e. The van der Waals surface area contributed by atoms with Crippen LogP contribution in [0.4, 0.5) is 5.69 Å². The van der Waals surface area contributed by atoms with Gasteiger partial charge in [0.1, 0.15) is 0 Å². The smallest absolute Gasteiger partial charge is 0.238 e. The van der Waals surface area contributed by atoms with Crippen LogP contribution >= 0.6 is 23.2 Å². The van der Waals surface area contributed by atoms with E-state index in [0.717, 1.165) is 13.1 Å². The molecule has 0 saturated heterocycles. The molecule has 94 valence electrons. The molecule has 0 aromatic heterocycles. The molecule has 17 heavy (non-hydrogen) atoms. The van der Waals surface area contributed by atoms with Gasteiger partial charge in [-0.05, 0) is 31.3 Å². The Morgan fingerprint density at radius 3 is 2.18 bits per heavy atom. The van der Waals surface area contributed by atoms with Crippen LogP contribution in [-0.4, -0.2) is 30.4 Å². The highest BCUT2D eigenvalue weighted by Crippen LogP contribution is 2.22. The van der Waals surface area contributed by atoms with Crippen molar-refractivity contribution >= 4 is 34.8 Å². The summed E-state index contributed by atoms with van der Waals surface area (Å²) in [5.41, 5.74) is 0.625. The summed E-state index contributed by atoms with van der Waals surface area (Å²) in [6.45, 7) is 6.11. The molecule has 1 aromatic carbocycles. The van der Waals surface area contributed by atoms with Crippen molar-refractivity contribution in [3.8, 4) is 0 Å². The molecule has 1 N–H and O–H groups in total. The van der Waals surface area contributed by atoms with Crippen molar-refractivity contribution in [1.82, 2.24) is 4.90 Å². The number of amides is 1. The number of likely N-dealkylation sites (N-methyl/N-ethyl adjacent to an activating group) is 1. The van der Waals surface area contributed by atoms with E-state index in [4.69, 9.17) is 23.2 Å². The SMILES string of the molecule is CCN(CC)CC(=O)Nc1cc(Cl)cc(Cl)c1. The first-order valence-corrected chi connectivity index (χ1v) is 6.29. The number of benzene rings is 1. The fourth-order valence-corrected chi connectivity index (χ4v) is 2.00. The molecule has 1 amide bonds. The van der Waals surface area contributed by atoms with E-state index in [9.17, 15) is 4.79 Å². The van der Waals surface area contributed by atoms with Gasteiger partial charge in [0.2, 0.25) is 5.91 Å². The van der Waals surface area contributed by atoms with E-state index < -0.39 is 0 Å². The first-order chi connectivity index (χ1) is 8.05. The number of carbonyl (C=O) groups excluding carboxylic acids is 1. The third-order valence-corrected chi connectivity index (χ3v) is 2.84. The van der Waals surface area contributed by atoms with Crippen LogP contribution in [0, 0.1) is 0 Å². The quantitative estimate of drug-likeness (QED) is 0.894. The van der Waals surface area contributed by atoms with Gasteiger partial charge in [0.25, 0.3) is 0 Å². The van der Waals surface area contributed by atoms with Crippen molar-refractivity contribution in [2.75, 3.05) is 25.0 Å². The van der Waals surface area contributed by atoms with E-state index in [-0.39, 0.29) is 5.91 Å². The normalized spacial score (nSPS) is 10.6. The van der Waals surface area contributed by atoms with Crippen LogP contribution in [-0.2, 0) is 4.79 Å². The standard InChI is InChI=1S/C12H16Cl2N2O/c1-3-16(4-2)8-12(17)15-11-6-9(13)5-10(14)7-11/h5-7H,3-4,8H2,1-2H3,(H,15,17). The minimum Gasteiger partial charge on any atom is -0.325 e. The predicted molar refractivity (Wildman–Crippen MR) is 72.9 cm³/mol. The second kappa shape index (κ2) is 6.84. The first kappa shape index (κ1) is 14.3. The molecule has 0 unspecified atom stereocenters. The summed E-state index contributed by atoms with van der Waals surface area (Å²) in [6.07, 6.45) is 0. The summed E-state index contributed by atoms with van der Waals surface area (Å²) in [6, 6.07) is 4.98. The van der Waals surface area contributed by atoms with E-state index in [1.54, 1.807) is 18.2 Å². The molecule has 0 atom stereocenters. The lowest BCUT2D eigenvalue weighted by Gasteiger charge is -2.17. The zero-order valence-corrected chi connectivity index (χ0v) is 11.5. The topological polar surface area (TPSA) is 32.3 Å². The highest BCUT2D eigenvalue weighted by atomic mass is 35.5. The summed E-state index contributed by atoms with van der Waals surface area (Å²) in [5, 5.41) is 3.79. The summed E-state index contributed by atoms with van der Waals surface area (Å²) < 4.78 is 0. The molecule has 0 fully saturated rings. The van der Waals surface area contributed by atoms with E-state index in [2.05, 4.69) is 5.32 Å². The Morgan fingerprint density at radius 1 is 1.18 bits per heavy atom. The minimum atomic E-state index is -0.0629. The highest BCUT2D eigenvalue weighted by Gasteiger charge is 2.08. The number of nitrogens with one attached hydrogen (secondary N) is 1. The summed E-state index contributed by atoms with van der Waals surface area (Å²) in [4.78, 5) is 13.8. The lowest BCUT2D eigenvalue weighted by Crippen LogP contribution is -2.32. The maximum atomic E-state index is 11.7. The molecular weight excluding hydrogens is 259 g/mol. The number of nitrogens with zero attached hydrogens (tertiary/aromatic N) is 1. The third-order valence-electron chi connectivity index (χ3n) is 2.41. The summed E-state index contributed by atoms with van der Waals surface area (Å²) in [5.74, 6) is -0.0629. The van der Waals surface area contributed by atoms with Gasteiger partial charge >= 0.3 is 0 Å². The summed E-state index contributed by atoms with van der Waals surface area (Å²) >= 11 is 11.7. The number of halogens is 2. The second-order valence-corrected chi connectivity index (χ2v) is 4.54. The van der Waals surface area contributed by atoms with Gasteiger partial charge < -0.3 is 5.32 Å².